The number of anilines is 1. The Morgan fingerprint density at radius 1 is 1.28 bits per heavy atom. The lowest BCUT2D eigenvalue weighted by atomic mass is 10.1. The molecule has 96 valence electrons. The van der Waals surface area contributed by atoms with Gasteiger partial charge in [-0.05, 0) is 18.2 Å². The monoisotopic (exact) mass is 257 g/mol. The number of halogens is 3. The van der Waals surface area contributed by atoms with E-state index in [2.05, 4.69) is 4.98 Å². The highest BCUT2D eigenvalue weighted by Crippen LogP contribution is 2.33. The lowest BCUT2D eigenvalue weighted by Gasteiger charge is -2.14. The first kappa shape index (κ1) is 12.4. The van der Waals surface area contributed by atoms with Gasteiger partial charge in [0, 0.05) is 25.2 Å². The first-order valence-corrected chi connectivity index (χ1v) is 5.07. The summed E-state index contributed by atoms with van der Waals surface area (Å²) in [7, 11) is 3.43. The number of benzene rings is 1. The van der Waals surface area contributed by atoms with Crippen LogP contribution in [0.5, 0.6) is 0 Å². The van der Waals surface area contributed by atoms with Crippen LogP contribution >= 0.6 is 0 Å². The van der Waals surface area contributed by atoms with Crippen molar-refractivity contribution in [2.24, 2.45) is 0 Å². The molecule has 4 nitrogen and oxygen atoms in total. The van der Waals surface area contributed by atoms with Gasteiger partial charge in [-0.15, -0.1) is 0 Å². The van der Waals surface area contributed by atoms with Crippen LogP contribution in [0.2, 0.25) is 0 Å². The first-order valence-electron chi connectivity index (χ1n) is 5.07. The molecule has 0 aliphatic heterocycles. The molecule has 0 saturated heterocycles. The number of hydrogen-bond acceptors (Lipinski definition) is 3. The summed E-state index contributed by atoms with van der Waals surface area (Å²) in [6.07, 6.45) is -4.62. The zero-order valence-corrected chi connectivity index (χ0v) is 9.67. The average Bonchev–Trinajstić information content (AvgIpc) is 2.25. The number of rotatable bonds is 1. The fourth-order valence-corrected chi connectivity index (χ4v) is 1.64. The van der Waals surface area contributed by atoms with E-state index in [0.29, 0.717) is 5.69 Å². The van der Waals surface area contributed by atoms with Crippen LogP contribution < -0.4 is 10.6 Å². The van der Waals surface area contributed by atoms with Crippen molar-refractivity contribution in [1.29, 1.82) is 0 Å². The van der Waals surface area contributed by atoms with Crippen LogP contribution in [-0.4, -0.2) is 24.1 Å². The van der Waals surface area contributed by atoms with Crippen molar-refractivity contribution in [1.82, 2.24) is 9.97 Å². The fourth-order valence-electron chi connectivity index (χ4n) is 1.64. The summed E-state index contributed by atoms with van der Waals surface area (Å²) in [4.78, 5) is 18.0. The smallest absolute Gasteiger partial charge is 0.378 e. The van der Waals surface area contributed by atoms with Crippen LogP contribution in [0.4, 0.5) is 18.9 Å². The van der Waals surface area contributed by atoms with Crippen molar-refractivity contribution in [2.45, 2.75) is 6.18 Å². The molecule has 1 aromatic carbocycles. The molecule has 18 heavy (non-hydrogen) atoms. The maximum absolute atomic E-state index is 12.8. The number of alkyl halides is 3. The molecule has 0 saturated carbocycles. The highest BCUT2D eigenvalue weighted by atomic mass is 19.4. The van der Waals surface area contributed by atoms with Crippen molar-refractivity contribution in [3.05, 3.63) is 34.4 Å². The van der Waals surface area contributed by atoms with Gasteiger partial charge in [0.1, 0.15) is 5.69 Å². The van der Waals surface area contributed by atoms with Gasteiger partial charge in [0.05, 0.1) is 5.52 Å². The van der Waals surface area contributed by atoms with E-state index in [-0.39, 0.29) is 10.9 Å². The van der Waals surface area contributed by atoms with E-state index >= 15 is 0 Å². The normalized spacial score (nSPS) is 11.8. The lowest BCUT2D eigenvalue weighted by molar-refractivity contribution is -0.140. The predicted molar refractivity (Wildman–Crippen MR) is 61.7 cm³/mol. The Hall–Kier alpha value is -2.05. The maximum Gasteiger partial charge on any atom is 0.432 e. The Kier molecular flexibility index (Phi) is 2.76. The fraction of sp³-hybridized carbons (Fsp3) is 0.273. The molecule has 0 aliphatic carbocycles. The first-order chi connectivity index (χ1) is 8.29. The van der Waals surface area contributed by atoms with Crippen molar-refractivity contribution >= 4 is 16.6 Å². The molecule has 0 aliphatic rings. The quantitative estimate of drug-likeness (QED) is 0.850. The van der Waals surface area contributed by atoms with Crippen LogP contribution in [0.25, 0.3) is 10.9 Å². The molecular weight excluding hydrogens is 247 g/mol. The van der Waals surface area contributed by atoms with Gasteiger partial charge in [0.15, 0.2) is 0 Å². The van der Waals surface area contributed by atoms with Crippen molar-refractivity contribution in [3.8, 4) is 0 Å². The van der Waals surface area contributed by atoms with Crippen molar-refractivity contribution in [2.75, 3.05) is 19.0 Å². The molecule has 0 amide bonds. The van der Waals surface area contributed by atoms with Gasteiger partial charge in [-0.2, -0.15) is 18.2 Å². The third-order valence-corrected chi connectivity index (χ3v) is 2.50. The summed E-state index contributed by atoms with van der Waals surface area (Å²) in [5.74, 6) is 0. The second kappa shape index (κ2) is 4.01. The van der Waals surface area contributed by atoms with E-state index in [4.69, 9.17) is 0 Å². The molecule has 1 heterocycles. The van der Waals surface area contributed by atoms with Gasteiger partial charge in [0.2, 0.25) is 0 Å². The number of nitrogens with zero attached hydrogens (tertiary/aromatic N) is 2. The lowest BCUT2D eigenvalue weighted by Crippen LogP contribution is -2.19. The number of nitrogens with one attached hydrogen (secondary N) is 1. The second-order valence-electron chi connectivity index (χ2n) is 4.01. The predicted octanol–water partition coefficient (Wildman–Crippen LogP) is 2.01. The SMILES string of the molecule is CN(C)c1ccc2nc(=O)[nH]c(C(F)(F)F)c2c1. The molecule has 0 spiro atoms. The Balaban J connectivity index is 2.83. The van der Waals surface area contributed by atoms with Gasteiger partial charge >= 0.3 is 11.9 Å². The highest BCUT2D eigenvalue weighted by Gasteiger charge is 2.34. The van der Waals surface area contributed by atoms with Crippen LogP contribution in [0, 0.1) is 0 Å². The second-order valence-corrected chi connectivity index (χ2v) is 4.01. The van der Waals surface area contributed by atoms with E-state index in [0.717, 1.165) is 0 Å². The van der Waals surface area contributed by atoms with E-state index in [1.165, 1.54) is 12.1 Å². The number of hydrogen-bond donors (Lipinski definition) is 1. The minimum absolute atomic E-state index is 0.0247. The standard InChI is InChI=1S/C11H10F3N3O/c1-17(2)6-3-4-8-7(5-6)9(11(12,13)14)16-10(18)15-8/h3-5H,1-2H3,(H,15,16,18). The van der Waals surface area contributed by atoms with E-state index in [9.17, 15) is 18.0 Å². The molecule has 0 fully saturated rings. The Morgan fingerprint density at radius 3 is 2.50 bits per heavy atom. The minimum atomic E-state index is -4.62. The highest BCUT2D eigenvalue weighted by molar-refractivity contribution is 5.84. The summed E-state index contributed by atoms with van der Waals surface area (Å²) in [6.45, 7) is 0. The van der Waals surface area contributed by atoms with Crippen LogP contribution in [0.1, 0.15) is 5.69 Å². The van der Waals surface area contributed by atoms with Gasteiger partial charge in [-0.1, -0.05) is 0 Å². The maximum atomic E-state index is 12.8. The third-order valence-electron chi connectivity index (χ3n) is 2.50. The number of aromatic amines is 1. The molecule has 1 aromatic heterocycles. The summed E-state index contributed by atoms with van der Waals surface area (Å²) in [5, 5.41) is -0.117. The largest absolute Gasteiger partial charge is 0.432 e. The van der Waals surface area contributed by atoms with Gasteiger partial charge in [-0.25, -0.2) is 4.79 Å². The molecule has 7 heteroatoms. The van der Waals surface area contributed by atoms with Crippen molar-refractivity contribution < 1.29 is 13.2 Å². The molecule has 2 rings (SSSR count). The Morgan fingerprint density at radius 2 is 1.94 bits per heavy atom. The number of aromatic nitrogens is 2. The Bertz CT molecular complexity index is 646. The molecular formula is C11H10F3N3O. The third kappa shape index (κ3) is 2.15. The van der Waals surface area contributed by atoms with E-state index in [1.54, 1.807) is 30.0 Å². The van der Waals surface area contributed by atoms with E-state index < -0.39 is 17.6 Å². The molecule has 1 N–H and O–H groups in total. The van der Waals surface area contributed by atoms with Crippen molar-refractivity contribution in [3.63, 3.8) is 0 Å². The van der Waals surface area contributed by atoms with Crippen LogP contribution in [-0.2, 0) is 6.18 Å². The summed E-state index contributed by atoms with van der Waals surface area (Å²) in [5.41, 5.74) is -1.45. The zero-order chi connectivity index (χ0) is 13.5. The average molecular weight is 257 g/mol. The number of H-pyrrole nitrogens is 1. The molecule has 0 unspecified atom stereocenters. The van der Waals surface area contributed by atoms with Gasteiger partial charge in [0.25, 0.3) is 0 Å². The topological polar surface area (TPSA) is 49.0 Å². The van der Waals surface area contributed by atoms with Crippen LogP contribution in [0.15, 0.2) is 23.0 Å². The van der Waals surface area contributed by atoms with E-state index in [1.807, 2.05) is 0 Å². The van der Waals surface area contributed by atoms with Crippen LogP contribution in [0.3, 0.4) is 0 Å². The molecule has 0 atom stereocenters. The molecule has 0 bridgehead atoms. The summed E-state index contributed by atoms with van der Waals surface area (Å²) < 4.78 is 38.5. The molecule has 0 radical (unpaired) electrons. The minimum Gasteiger partial charge on any atom is -0.378 e. The van der Waals surface area contributed by atoms with Gasteiger partial charge in [-0.3, -0.25) is 0 Å². The summed E-state index contributed by atoms with van der Waals surface area (Å²) >= 11 is 0. The molecule has 2 aromatic rings. The summed E-state index contributed by atoms with van der Waals surface area (Å²) in [6, 6.07) is 4.35. The number of fused-ring (bicyclic) bond motifs is 1. The Labute approximate surface area is 100 Å². The van der Waals surface area contributed by atoms with Gasteiger partial charge < -0.3 is 9.88 Å². The zero-order valence-electron chi connectivity index (χ0n) is 9.67.